The fraction of sp³-hybridized carbons (Fsp3) is 0.150. The first-order valence-corrected chi connectivity index (χ1v) is 8.18. The number of carbonyl (C=O) groups is 2. The Morgan fingerprint density at radius 1 is 1.08 bits per heavy atom. The normalized spacial score (nSPS) is 10.3. The molecule has 1 heterocycles. The number of aromatic nitrogens is 2. The van der Waals surface area contributed by atoms with E-state index in [0.29, 0.717) is 12.1 Å². The molecule has 0 unspecified atom stereocenters. The van der Waals surface area contributed by atoms with Gasteiger partial charge in [0.15, 0.2) is 0 Å². The van der Waals surface area contributed by atoms with E-state index in [1.807, 2.05) is 53.3 Å². The Morgan fingerprint density at radius 2 is 1.85 bits per heavy atom. The lowest BCUT2D eigenvalue weighted by atomic mass is 9.98. The van der Waals surface area contributed by atoms with Gasteiger partial charge in [-0.05, 0) is 28.8 Å². The fourth-order valence-electron chi connectivity index (χ4n) is 2.62. The maximum absolute atomic E-state index is 12.4. The number of ether oxygens (including phenoxy) is 1. The minimum atomic E-state index is -0.487. The van der Waals surface area contributed by atoms with Crippen LogP contribution >= 0.6 is 0 Å². The largest absolute Gasteiger partial charge is 0.468 e. The molecule has 0 saturated heterocycles. The molecular formula is C20H19N3O3. The van der Waals surface area contributed by atoms with Gasteiger partial charge >= 0.3 is 5.97 Å². The Morgan fingerprint density at radius 3 is 2.54 bits per heavy atom. The van der Waals surface area contributed by atoms with Crippen molar-refractivity contribution in [3.05, 3.63) is 78.1 Å². The van der Waals surface area contributed by atoms with Crippen LogP contribution in [-0.2, 0) is 16.1 Å². The summed E-state index contributed by atoms with van der Waals surface area (Å²) in [5.41, 5.74) is 3.36. The minimum absolute atomic E-state index is 0.160. The summed E-state index contributed by atoms with van der Waals surface area (Å²) in [6, 6.07) is 17.2. The Bertz CT molecular complexity index is 887. The molecule has 3 rings (SSSR count). The van der Waals surface area contributed by atoms with E-state index in [9.17, 15) is 9.59 Å². The van der Waals surface area contributed by atoms with E-state index in [1.54, 1.807) is 18.3 Å². The molecule has 0 aliphatic heterocycles. The van der Waals surface area contributed by atoms with Gasteiger partial charge in [-0.1, -0.05) is 42.5 Å². The van der Waals surface area contributed by atoms with Crippen molar-refractivity contribution in [2.45, 2.75) is 6.54 Å². The van der Waals surface area contributed by atoms with Crippen LogP contribution in [0.2, 0.25) is 0 Å². The predicted molar refractivity (Wildman–Crippen MR) is 97.6 cm³/mol. The van der Waals surface area contributed by atoms with Crippen molar-refractivity contribution in [1.29, 1.82) is 0 Å². The smallest absolute Gasteiger partial charge is 0.325 e. The van der Waals surface area contributed by atoms with E-state index in [-0.39, 0.29) is 12.5 Å². The minimum Gasteiger partial charge on any atom is -0.468 e. The number of methoxy groups -OCH3 is 1. The van der Waals surface area contributed by atoms with Gasteiger partial charge in [0, 0.05) is 18.0 Å². The van der Waals surface area contributed by atoms with Gasteiger partial charge < -0.3 is 10.1 Å². The molecule has 1 N–H and O–H groups in total. The van der Waals surface area contributed by atoms with Crippen LogP contribution in [0.3, 0.4) is 0 Å². The maximum atomic E-state index is 12.4. The highest BCUT2D eigenvalue weighted by atomic mass is 16.5. The van der Waals surface area contributed by atoms with Crippen molar-refractivity contribution in [3.8, 4) is 11.1 Å². The molecule has 0 saturated carbocycles. The summed E-state index contributed by atoms with van der Waals surface area (Å²) in [5, 5.41) is 6.77. The molecule has 0 radical (unpaired) electrons. The van der Waals surface area contributed by atoms with Gasteiger partial charge in [-0.3, -0.25) is 14.3 Å². The van der Waals surface area contributed by atoms with E-state index in [4.69, 9.17) is 0 Å². The summed E-state index contributed by atoms with van der Waals surface area (Å²) in [7, 11) is 1.28. The van der Waals surface area contributed by atoms with Crippen LogP contribution in [0.15, 0.2) is 67.0 Å². The summed E-state index contributed by atoms with van der Waals surface area (Å²) >= 11 is 0. The number of carbonyl (C=O) groups excluding carboxylic acids is 2. The second-order valence-corrected chi connectivity index (χ2v) is 5.70. The zero-order valence-corrected chi connectivity index (χ0v) is 14.4. The van der Waals surface area contributed by atoms with Gasteiger partial charge in [-0.2, -0.15) is 5.10 Å². The lowest BCUT2D eigenvalue weighted by Gasteiger charge is -2.11. The van der Waals surface area contributed by atoms with Gasteiger partial charge in [0.1, 0.15) is 6.54 Å². The summed E-state index contributed by atoms with van der Waals surface area (Å²) < 4.78 is 6.40. The third-order valence-corrected chi connectivity index (χ3v) is 3.96. The van der Waals surface area contributed by atoms with Gasteiger partial charge in [0.25, 0.3) is 5.91 Å². The lowest BCUT2D eigenvalue weighted by molar-refractivity contribution is -0.139. The topological polar surface area (TPSA) is 73.2 Å². The highest BCUT2D eigenvalue weighted by Crippen LogP contribution is 2.24. The highest BCUT2D eigenvalue weighted by Gasteiger charge is 2.13. The first-order chi connectivity index (χ1) is 12.7. The van der Waals surface area contributed by atoms with Crippen LogP contribution in [0.25, 0.3) is 11.1 Å². The number of nitrogens with zero attached hydrogens (tertiary/aromatic N) is 2. The third kappa shape index (κ3) is 4.16. The predicted octanol–water partition coefficient (Wildman–Crippen LogP) is 2.50. The number of amides is 1. The number of nitrogens with one attached hydrogen (secondary N) is 1. The van der Waals surface area contributed by atoms with Crippen LogP contribution in [0.4, 0.5) is 0 Å². The standard InChI is InChI=1S/C20H19N3O3/c1-26-19(24)13-21-20(25)18-6-3-2-5-17(18)16-9-7-15(8-10-16)14-23-12-4-11-22-23/h2-12H,13-14H2,1H3,(H,21,25). The summed E-state index contributed by atoms with van der Waals surface area (Å²) in [4.78, 5) is 23.6. The molecule has 0 fully saturated rings. The average Bonchev–Trinajstić information content (AvgIpc) is 3.19. The molecule has 26 heavy (non-hydrogen) atoms. The molecule has 6 nitrogen and oxygen atoms in total. The second kappa shape index (κ2) is 8.11. The van der Waals surface area contributed by atoms with Gasteiger partial charge in [-0.25, -0.2) is 0 Å². The first-order valence-electron chi connectivity index (χ1n) is 8.18. The Kier molecular flexibility index (Phi) is 5.43. The molecule has 0 spiro atoms. The summed E-state index contributed by atoms with van der Waals surface area (Å²) in [6.45, 7) is 0.529. The van der Waals surface area contributed by atoms with Crippen molar-refractivity contribution in [2.24, 2.45) is 0 Å². The van der Waals surface area contributed by atoms with Crippen molar-refractivity contribution >= 4 is 11.9 Å². The van der Waals surface area contributed by atoms with E-state index in [1.165, 1.54) is 7.11 Å². The maximum Gasteiger partial charge on any atom is 0.325 e. The summed E-state index contributed by atoms with van der Waals surface area (Å²) in [6.07, 6.45) is 3.66. The molecule has 0 bridgehead atoms. The molecule has 1 amide bonds. The van der Waals surface area contributed by atoms with Crippen molar-refractivity contribution < 1.29 is 14.3 Å². The third-order valence-electron chi connectivity index (χ3n) is 3.96. The molecule has 1 aromatic heterocycles. The first kappa shape index (κ1) is 17.4. The second-order valence-electron chi connectivity index (χ2n) is 5.70. The Labute approximate surface area is 151 Å². The van der Waals surface area contributed by atoms with Crippen LogP contribution < -0.4 is 5.32 Å². The van der Waals surface area contributed by atoms with Crippen molar-refractivity contribution in [3.63, 3.8) is 0 Å². The fourth-order valence-corrected chi connectivity index (χ4v) is 2.62. The number of esters is 1. The molecule has 0 aliphatic carbocycles. The lowest BCUT2D eigenvalue weighted by Crippen LogP contribution is -2.30. The zero-order valence-electron chi connectivity index (χ0n) is 14.4. The Balaban J connectivity index is 1.78. The molecular weight excluding hydrogens is 330 g/mol. The molecule has 6 heteroatoms. The highest BCUT2D eigenvalue weighted by molar-refractivity contribution is 6.01. The van der Waals surface area contributed by atoms with E-state index >= 15 is 0 Å². The van der Waals surface area contributed by atoms with Crippen molar-refractivity contribution in [1.82, 2.24) is 15.1 Å². The molecule has 2 aromatic carbocycles. The molecule has 0 aliphatic rings. The molecule has 3 aromatic rings. The van der Waals surface area contributed by atoms with Crippen molar-refractivity contribution in [2.75, 3.05) is 13.7 Å². The van der Waals surface area contributed by atoms with Crippen LogP contribution in [0.5, 0.6) is 0 Å². The Hall–Kier alpha value is -3.41. The number of benzene rings is 2. The van der Waals surface area contributed by atoms with Crippen LogP contribution in [-0.4, -0.2) is 35.3 Å². The molecule has 0 atom stereocenters. The number of hydrogen-bond donors (Lipinski definition) is 1. The SMILES string of the molecule is COC(=O)CNC(=O)c1ccccc1-c1ccc(Cn2cccn2)cc1. The zero-order chi connectivity index (χ0) is 18.4. The van der Waals surface area contributed by atoms with E-state index < -0.39 is 5.97 Å². The van der Waals surface area contributed by atoms with E-state index in [2.05, 4.69) is 15.2 Å². The van der Waals surface area contributed by atoms with Gasteiger partial charge in [0.05, 0.1) is 13.7 Å². The quantitative estimate of drug-likeness (QED) is 0.694. The number of rotatable bonds is 6. The van der Waals surface area contributed by atoms with Crippen LogP contribution in [0, 0.1) is 0 Å². The average molecular weight is 349 g/mol. The molecule has 132 valence electrons. The van der Waals surface area contributed by atoms with Gasteiger partial charge in [-0.15, -0.1) is 0 Å². The van der Waals surface area contributed by atoms with Gasteiger partial charge in [0.2, 0.25) is 0 Å². The monoisotopic (exact) mass is 349 g/mol. The number of hydrogen-bond acceptors (Lipinski definition) is 4. The van der Waals surface area contributed by atoms with Crippen LogP contribution in [0.1, 0.15) is 15.9 Å². The summed E-state index contributed by atoms with van der Waals surface area (Å²) in [5.74, 6) is -0.801. The van der Waals surface area contributed by atoms with E-state index in [0.717, 1.165) is 16.7 Å².